The van der Waals surface area contributed by atoms with E-state index in [0.717, 1.165) is 13.0 Å². The van der Waals surface area contributed by atoms with Crippen LogP contribution in [-0.4, -0.2) is 82.1 Å². The van der Waals surface area contributed by atoms with Gasteiger partial charge in [-0.05, 0) is 46.1 Å². The van der Waals surface area contributed by atoms with Crippen molar-refractivity contribution in [2.75, 3.05) is 33.3 Å². The topological polar surface area (TPSA) is 131 Å². The van der Waals surface area contributed by atoms with Crippen LogP contribution in [0.15, 0.2) is 18.3 Å². The molecular weight excluding hydrogens is 515 g/mol. The number of carbonyl (C=O) groups excluding carboxylic acids is 1. The van der Waals surface area contributed by atoms with E-state index in [4.69, 9.17) is 15.2 Å². The zero-order chi connectivity index (χ0) is 30.3. The average Bonchev–Trinajstić information content (AvgIpc) is 3.19. The largest absolute Gasteiger partial charge is 0.481 e. The van der Waals surface area contributed by atoms with Gasteiger partial charge in [-0.2, -0.15) is 0 Å². The molecule has 1 aliphatic rings. The van der Waals surface area contributed by atoms with Crippen LogP contribution < -0.4 is 10.5 Å². The Kier molecular flexibility index (Phi) is 11.8. The Morgan fingerprint density at radius 1 is 1.30 bits per heavy atom. The minimum absolute atomic E-state index is 0.0830. The zero-order valence-corrected chi connectivity index (χ0v) is 25.5. The van der Waals surface area contributed by atoms with E-state index in [-0.39, 0.29) is 36.3 Å². The first-order valence-electron chi connectivity index (χ1n) is 14.1. The van der Waals surface area contributed by atoms with E-state index in [9.17, 15) is 19.4 Å². The van der Waals surface area contributed by atoms with E-state index in [1.165, 1.54) is 13.3 Å². The molecular formula is C30H49FN4O5. The fourth-order valence-corrected chi connectivity index (χ4v) is 4.83. The molecule has 0 spiro atoms. The highest BCUT2D eigenvalue weighted by atomic mass is 19.1. The summed E-state index contributed by atoms with van der Waals surface area (Å²) in [6, 6.07) is 3.51. The van der Waals surface area contributed by atoms with Gasteiger partial charge in [-0.25, -0.2) is 9.37 Å². The molecule has 1 fully saturated rings. The predicted octanol–water partition coefficient (Wildman–Crippen LogP) is 3.87. The number of ether oxygens (including phenoxy) is 2. The van der Waals surface area contributed by atoms with E-state index in [0.29, 0.717) is 48.4 Å². The summed E-state index contributed by atoms with van der Waals surface area (Å²) in [6.45, 7) is 15.8. The first-order chi connectivity index (χ1) is 18.6. The Morgan fingerprint density at radius 2 is 1.98 bits per heavy atom. The second kappa shape index (κ2) is 14.0. The van der Waals surface area contributed by atoms with Gasteiger partial charge >= 0.3 is 5.97 Å². The molecule has 1 saturated heterocycles. The molecule has 9 nitrogen and oxygen atoms in total. The molecule has 0 aliphatic carbocycles. The number of hydrogen-bond acceptors (Lipinski definition) is 9. The highest BCUT2D eigenvalue weighted by Crippen LogP contribution is 2.34. The van der Waals surface area contributed by atoms with Crippen LogP contribution in [0.5, 0.6) is 5.88 Å². The van der Waals surface area contributed by atoms with Crippen molar-refractivity contribution in [3.8, 4) is 5.88 Å². The van der Waals surface area contributed by atoms with Crippen molar-refractivity contribution in [2.24, 2.45) is 16.6 Å². The van der Waals surface area contributed by atoms with E-state index in [1.807, 2.05) is 34.6 Å². The number of hydrogen-bond donors (Lipinski definition) is 3. The molecule has 226 valence electrons. The van der Waals surface area contributed by atoms with Gasteiger partial charge in [0.05, 0.1) is 43.0 Å². The number of aliphatic hydroxyl groups excluding tert-OH is 2. The maximum Gasteiger partial charge on any atom is 0.306 e. The Bertz CT molecular complexity index is 1130. The van der Waals surface area contributed by atoms with Crippen LogP contribution in [0, 0.1) is 16.6 Å². The van der Waals surface area contributed by atoms with E-state index < -0.39 is 17.1 Å². The third-order valence-electron chi connectivity index (χ3n) is 8.06. The fraction of sp³-hybridized carbons (Fsp3) is 0.700. The number of esters is 1. The van der Waals surface area contributed by atoms with Gasteiger partial charge in [-0.1, -0.05) is 27.7 Å². The van der Waals surface area contributed by atoms with Crippen molar-refractivity contribution in [2.45, 2.75) is 92.0 Å². The van der Waals surface area contributed by atoms with Gasteiger partial charge in [0.1, 0.15) is 11.4 Å². The highest BCUT2D eigenvalue weighted by molar-refractivity contribution is 5.78. The first-order valence-corrected chi connectivity index (χ1v) is 14.1. The smallest absolute Gasteiger partial charge is 0.306 e. The molecule has 10 heteroatoms. The maximum atomic E-state index is 14.3. The Balaban J connectivity index is 0.000000307. The second-order valence-corrected chi connectivity index (χ2v) is 12.3. The molecule has 2 aromatic heterocycles. The highest BCUT2D eigenvalue weighted by Gasteiger charge is 2.40. The van der Waals surface area contributed by atoms with Gasteiger partial charge < -0.3 is 25.4 Å². The van der Waals surface area contributed by atoms with Crippen LogP contribution in [-0.2, 0) is 16.0 Å². The number of aliphatic hydroxyl groups is 2. The second-order valence-electron chi connectivity index (χ2n) is 12.3. The van der Waals surface area contributed by atoms with E-state index in [2.05, 4.69) is 28.7 Å². The summed E-state index contributed by atoms with van der Waals surface area (Å²) in [4.78, 5) is 22.3. The Hall–Kier alpha value is -2.40. The van der Waals surface area contributed by atoms with Crippen LogP contribution in [0.1, 0.15) is 73.3 Å². The lowest BCUT2D eigenvalue weighted by molar-refractivity contribution is -0.159. The SMILES string of the molecule is CCC(C)(CC(=O)OC(C)(C)C)C(O)CN.CCC1(C)CN(CCc2c(F)cnc3ccc(OC)nc23)CC1O. The lowest BCUT2D eigenvalue weighted by Crippen LogP contribution is -2.40. The van der Waals surface area contributed by atoms with Gasteiger partial charge in [0.15, 0.2) is 0 Å². The normalized spacial score (nSPS) is 21.9. The molecule has 0 amide bonds. The summed E-state index contributed by atoms with van der Waals surface area (Å²) in [5.74, 6) is -0.183. The number of nitrogens with zero attached hydrogens (tertiary/aromatic N) is 3. The summed E-state index contributed by atoms with van der Waals surface area (Å²) < 4.78 is 24.7. The molecule has 0 saturated carbocycles. The molecule has 4 unspecified atom stereocenters. The first kappa shape index (κ1) is 33.8. The number of halogens is 1. The monoisotopic (exact) mass is 564 g/mol. The summed E-state index contributed by atoms with van der Waals surface area (Å²) in [5, 5.41) is 20.0. The minimum Gasteiger partial charge on any atom is -0.481 e. The molecule has 40 heavy (non-hydrogen) atoms. The molecule has 3 heterocycles. The fourth-order valence-electron chi connectivity index (χ4n) is 4.83. The van der Waals surface area contributed by atoms with Crippen LogP contribution in [0.4, 0.5) is 4.39 Å². The lowest BCUT2D eigenvalue weighted by Gasteiger charge is -2.33. The number of β-amino-alcohol motifs (C(OH)–C–C–N with tert-alkyl or cyclic N) is 1. The number of methoxy groups -OCH3 is 1. The van der Waals surface area contributed by atoms with Crippen molar-refractivity contribution < 1.29 is 28.9 Å². The minimum atomic E-state index is -0.676. The quantitative estimate of drug-likeness (QED) is 0.368. The molecule has 3 rings (SSSR count). The zero-order valence-electron chi connectivity index (χ0n) is 25.5. The number of nitrogens with two attached hydrogens (primary N) is 1. The Labute approximate surface area is 238 Å². The third-order valence-corrected chi connectivity index (χ3v) is 8.06. The maximum absolute atomic E-state index is 14.3. The number of pyridine rings is 2. The molecule has 1 aliphatic heterocycles. The van der Waals surface area contributed by atoms with Crippen molar-refractivity contribution in [1.29, 1.82) is 0 Å². The number of likely N-dealkylation sites (tertiary alicyclic amines) is 1. The molecule has 4 atom stereocenters. The molecule has 2 aromatic rings. The summed E-state index contributed by atoms with van der Waals surface area (Å²) in [7, 11) is 1.54. The van der Waals surface area contributed by atoms with Crippen molar-refractivity contribution >= 4 is 17.0 Å². The number of carbonyl (C=O) groups is 1. The summed E-state index contributed by atoms with van der Waals surface area (Å²) >= 11 is 0. The van der Waals surface area contributed by atoms with Crippen LogP contribution >= 0.6 is 0 Å². The molecule has 4 N–H and O–H groups in total. The lowest BCUT2D eigenvalue weighted by atomic mass is 9.78. The van der Waals surface area contributed by atoms with Crippen molar-refractivity contribution in [3.05, 3.63) is 29.7 Å². The van der Waals surface area contributed by atoms with E-state index in [1.54, 1.807) is 12.1 Å². The summed E-state index contributed by atoms with van der Waals surface area (Å²) in [5.41, 5.74) is 6.12. The van der Waals surface area contributed by atoms with Gasteiger partial charge in [-0.3, -0.25) is 14.7 Å². The molecule has 0 bridgehead atoms. The predicted molar refractivity (Wildman–Crippen MR) is 155 cm³/mol. The van der Waals surface area contributed by atoms with Crippen LogP contribution in [0.25, 0.3) is 11.0 Å². The number of aromatic nitrogens is 2. The van der Waals surface area contributed by atoms with Gasteiger partial charge in [0, 0.05) is 48.6 Å². The average molecular weight is 565 g/mol. The van der Waals surface area contributed by atoms with Crippen molar-refractivity contribution in [3.63, 3.8) is 0 Å². The number of rotatable bonds is 10. The van der Waals surface area contributed by atoms with Crippen LogP contribution in [0.2, 0.25) is 0 Å². The standard InChI is InChI=1S/C18H24FN3O2.C12H25NO3/c1-4-18(2)11-22(10-15(18)23)8-7-12-13(19)9-20-14-5-6-16(24-3)21-17(12)14;1-6-12(5,9(14)8-13)7-10(15)16-11(2,3)4/h5-6,9,15,23H,4,7-8,10-11H2,1-3H3;9,14H,6-8,13H2,1-5H3. The van der Waals surface area contributed by atoms with Gasteiger partial charge in [0.25, 0.3) is 0 Å². The number of fused-ring (bicyclic) bond motifs is 1. The Morgan fingerprint density at radius 3 is 2.50 bits per heavy atom. The van der Waals surface area contributed by atoms with Gasteiger partial charge in [-0.15, -0.1) is 0 Å². The van der Waals surface area contributed by atoms with Crippen molar-refractivity contribution in [1.82, 2.24) is 14.9 Å². The van der Waals surface area contributed by atoms with Gasteiger partial charge in [0.2, 0.25) is 5.88 Å². The third kappa shape index (κ3) is 8.80. The summed E-state index contributed by atoms with van der Waals surface area (Å²) in [6.07, 6.45) is 2.57. The molecule has 0 radical (unpaired) electrons. The van der Waals surface area contributed by atoms with Crippen LogP contribution in [0.3, 0.4) is 0 Å². The molecule has 0 aromatic carbocycles. The van der Waals surface area contributed by atoms with E-state index >= 15 is 0 Å².